The number of aromatic nitrogens is 1. The van der Waals surface area contributed by atoms with Crippen LogP contribution >= 0.6 is 46.4 Å². The molecule has 1 N–H and O–H groups in total. The standard InChI is InChI=1S/C11H5Cl4NO/c12-7-3-5(4-8(13)10(7)15)6-1-2-16-11(17)9(6)14/h1-4H,(H,16,17). The van der Waals surface area contributed by atoms with Gasteiger partial charge in [-0.15, -0.1) is 0 Å². The number of benzene rings is 1. The predicted octanol–water partition coefficient (Wildman–Crippen LogP) is 4.66. The summed E-state index contributed by atoms with van der Waals surface area (Å²) in [5, 5.41) is 0.982. The molecule has 0 amide bonds. The van der Waals surface area contributed by atoms with E-state index >= 15 is 0 Å². The predicted molar refractivity (Wildman–Crippen MR) is 72.5 cm³/mol. The molecule has 6 heteroatoms. The zero-order chi connectivity index (χ0) is 12.6. The highest BCUT2D eigenvalue weighted by molar-refractivity contribution is 6.48. The number of hydrogen-bond acceptors (Lipinski definition) is 1. The first-order chi connectivity index (χ1) is 8.00. The Kier molecular flexibility index (Phi) is 3.69. The van der Waals surface area contributed by atoms with Crippen LogP contribution in [0, 0.1) is 0 Å². The number of halogens is 4. The molecular weight excluding hydrogens is 304 g/mol. The van der Waals surface area contributed by atoms with Gasteiger partial charge in [0.1, 0.15) is 5.02 Å². The van der Waals surface area contributed by atoms with Gasteiger partial charge in [0.25, 0.3) is 5.56 Å². The van der Waals surface area contributed by atoms with Gasteiger partial charge in [0.15, 0.2) is 0 Å². The van der Waals surface area contributed by atoms with E-state index in [0.717, 1.165) is 0 Å². The summed E-state index contributed by atoms with van der Waals surface area (Å²) in [5.74, 6) is 0. The molecule has 2 nitrogen and oxygen atoms in total. The van der Waals surface area contributed by atoms with E-state index in [1.54, 1.807) is 18.2 Å². The van der Waals surface area contributed by atoms with Crippen LogP contribution in [0.15, 0.2) is 29.2 Å². The van der Waals surface area contributed by atoms with Gasteiger partial charge in [-0.2, -0.15) is 0 Å². The molecule has 0 radical (unpaired) electrons. The van der Waals surface area contributed by atoms with Crippen molar-refractivity contribution in [2.75, 3.05) is 0 Å². The summed E-state index contributed by atoms with van der Waals surface area (Å²) in [6.45, 7) is 0. The van der Waals surface area contributed by atoms with Gasteiger partial charge < -0.3 is 4.98 Å². The first kappa shape index (κ1) is 12.8. The lowest BCUT2D eigenvalue weighted by molar-refractivity contribution is 1.24. The third-order valence-corrected chi connectivity index (χ3v) is 3.77. The first-order valence-corrected chi connectivity index (χ1v) is 6.04. The third-order valence-electron chi connectivity index (χ3n) is 2.20. The van der Waals surface area contributed by atoms with E-state index in [0.29, 0.717) is 21.2 Å². The molecular formula is C11H5Cl4NO. The minimum Gasteiger partial charge on any atom is -0.328 e. The van der Waals surface area contributed by atoms with E-state index in [1.807, 2.05) is 0 Å². The molecule has 2 aromatic rings. The lowest BCUT2D eigenvalue weighted by atomic mass is 10.1. The van der Waals surface area contributed by atoms with Gasteiger partial charge >= 0.3 is 0 Å². The quantitative estimate of drug-likeness (QED) is 0.764. The van der Waals surface area contributed by atoms with Crippen molar-refractivity contribution in [3.05, 3.63) is 54.8 Å². The Morgan fingerprint density at radius 2 is 1.53 bits per heavy atom. The summed E-state index contributed by atoms with van der Waals surface area (Å²) < 4.78 is 0. The molecule has 17 heavy (non-hydrogen) atoms. The fraction of sp³-hybridized carbons (Fsp3) is 0. The second kappa shape index (κ2) is 4.91. The van der Waals surface area contributed by atoms with Crippen LogP contribution in [0.5, 0.6) is 0 Å². The first-order valence-electron chi connectivity index (χ1n) is 4.53. The lowest BCUT2D eigenvalue weighted by Gasteiger charge is -2.06. The maximum absolute atomic E-state index is 11.4. The molecule has 0 aliphatic heterocycles. The van der Waals surface area contributed by atoms with Crippen molar-refractivity contribution < 1.29 is 0 Å². The molecule has 0 fully saturated rings. The SMILES string of the molecule is O=c1[nH]ccc(-c2cc(Cl)c(Cl)c(Cl)c2)c1Cl. The molecule has 0 aliphatic carbocycles. The topological polar surface area (TPSA) is 32.9 Å². The van der Waals surface area contributed by atoms with Crippen molar-refractivity contribution >= 4 is 46.4 Å². The van der Waals surface area contributed by atoms with Crippen LogP contribution in [-0.2, 0) is 0 Å². The van der Waals surface area contributed by atoms with Crippen molar-refractivity contribution in [1.82, 2.24) is 4.98 Å². The van der Waals surface area contributed by atoms with Crippen molar-refractivity contribution in [1.29, 1.82) is 0 Å². The summed E-state index contributed by atoms with van der Waals surface area (Å²) in [4.78, 5) is 13.8. The van der Waals surface area contributed by atoms with Crippen molar-refractivity contribution in [3.63, 3.8) is 0 Å². The Bertz CT molecular complexity index is 613. The van der Waals surface area contributed by atoms with Gasteiger partial charge in [-0.25, -0.2) is 0 Å². The second-order valence-corrected chi connectivity index (χ2v) is 4.86. The van der Waals surface area contributed by atoms with Crippen LogP contribution in [0.25, 0.3) is 11.1 Å². The van der Waals surface area contributed by atoms with Crippen LogP contribution in [-0.4, -0.2) is 4.98 Å². The molecule has 0 unspecified atom stereocenters. The molecule has 0 atom stereocenters. The fourth-order valence-corrected chi connectivity index (χ4v) is 2.22. The van der Waals surface area contributed by atoms with E-state index in [4.69, 9.17) is 46.4 Å². The number of aromatic amines is 1. The van der Waals surface area contributed by atoms with E-state index in [9.17, 15) is 4.79 Å². The molecule has 2 rings (SSSR count). The van der Waals surface area contributed by atoms with Crippen LogP contribution in [0.2, 0.25) is 20.1 Å². The molecule has 1 aromatic carbocycles. The van der Waals surface area contributed by atoms with Gasteiger partial charge in [-0.1, -0.05) is 46.4 Å². The highest BCUT2D eigenvalue weighted by Gasteiger charge is 2.11. The van der Waals surface area contributed by atoms with Crippen molar-refractivity contribution in [2.24, 2.45) is 0 Å². The minimum atomic E-state index is -0.369. The average Bonchev–Trinajstić information content (AvgIpc) is 2.29. The van der Waals surface area contributed by atoms with Gasteiger partial charge in [0, 0.05) is 11.8 Å². The van der Waals surface area contributed by atoms with Crippen molar-refractivity contribution in [3.8, 4) is 11.1 Å². The molecule has 0 saturated heterocycles. The third kappa shape index (κ3) is 2.45. The van der Waals surface area contributed by atoms with Crippen LogP contribution in [0.1, 0.15) is 0 Å². The van der Waals surface area contributed by atoms with E-state index in [2.05, 4.69) is 4.98 Å². The van der Waals surface area contributed by atoms with Crippen LogP contribution in [0.4, 0.5) is 0 Å². The van der Waals surface area contributed by atoms with E-state index < -0.39 is 0 Å². The zero-order valence-electron chi connectivity index (χ0n) is 8.23. The van der Waals surface area contributed by atoms with E-state index in [1.165, 1.54) is 6.20 Å². The summed E-state index contributed by atoms with van der Waals surface area (Å²) in [7, 11) is 0. The summed E-state index contributed by atoms with van der Waals surface area (Å²) >= 11 is 23.6. The molecule has 1 aromatic heterocycles. The monoisotopic (exact) mass is 307 g/mol. The molecule has 0 bridgehead atoms. The molecule has 1 heterocycles. The van der Waals surface area contributed by atoms with Gasteiger partial charge in [-0.05, 0) is 23.8 Å². The largest absolute Gasteiger partial charge is 0.328 e. The smallest absolute Gasteiger partial charge is 0.267 e. The molecule has 0 aliphatic rings. The second-order valence-electron chi connectivity index (χ2n) is 3.29. The molecule has 0 spiro atoms. The van der Waals surface area contributed by atoms with Gasteiger partial charge in [0.05, 0.1) is 15.1 Å². The lowest BCUT2D eigenvalue weighted by Crippen LogP contribution is -2.05. The number of rotatable bonds is 1. The summed E-state index contributed by atoms with van der Waals surface area (Å²) in [6, 6.07) is 4.88. The van der Waals surface area contributed by atoms with E-state index in [-0.39, 0.29) is 15.6 Å². The Hall–Kier alpha value is -0.670. The molecule has 88 valence electrons. The number of nitrogens with one attached hydrogen (secondary N) is 1. The highest BCUT2D eigenvalue weighted by atomic mass is 35.5. The number of hydrogen-bond donors (Lipinski definition) is 1. The van der Waals surface area contributed by atoms with Gasteiger partial charge in [-0.3, -0.25) is 4.79 Å². The summed E-state index contributed by atoms with van der Waals surface area (Å²) in [5.41, 5.74) is 0.822. The average molecular weight is 309 g/mol. The Morgan fingerprint density at radius 3 is 2.12 bits per heavy atom. The van der Waals surface area contributed by atoms with Crippen molar-refractivity contribution in [2.45, 2.75) is 0 Å². The van der Waals surface area contributed by atoms with Crippen LogP contribution in [0.3, 0.4) is 0 Å². The normalized spacial score (nSPS) is 10.6. The number of H-pyrrole nitrogens is 1. The Balaban J connectivity index is 2.69. The molecule has 0 saturated carbocycles. The fourth-order valence-electron chi connectivity index (χ4n) is 1.39. The zero-order valence-corrected chi connectivity index (χ0v) is 11.3. The van der Waals surface area contributed by atoms with Crippen LogP contribution < -0.4 is 5.56 Å². The van der Waals surface area contributed by atoms with Gasteiger partial charge in [0.2, 0.25) is 0 Å². The minimum absolute atomic E-state index is 0.0851. The highest BCUT2D eigenvalue weighted by Crippen LogP contribution is 2.36. The Morgan fingerprint density at radius 1 is 0.941 bits per heavy atom. The Labute approximate surface area is 117 Å². The summed E-state index contributed by atoms with van der Waals surface area (Å²) in [6.07, 6.45) is 1.50. The number of pyridine rings is 1. The maximum Gasteiger partial charge on any atom is 0.267 e. The maximum atomic E-state index is 11.4.